The zero-order valence-electron chi connectivity index (χ0n) is 11.2. The van der Waals surface area contributed by atoms with E-state index < -0.39 is 9.84 Å². The Morgan fingerprint density at radius 3 is 1.52 bits per heavy atom. The molecule has 21 heavy (non-hydrogen) atoms. The van der Waals surface area contributed by atoms with Crippen molar-refractivity contribution in [2.75, 3.05) is 11.5 Å². The smallest absolute Gasteiger partial charge is 0.158 e. The zero-order chi connectivity index (χ0) is 15.6. The predicted octanol–water partition coefficient (Wildman–Crippen LogP) is 1.38. The molecule has 0 amide bonds. The largest absolute Gasteiger partial charge is 0.506 e. The van der Waals surface area contributed by atoms with Gasteiger partial charge in [0.05, 0.1) is 22.9 Å². The Bertz CT molecular complexity index is 713. The second kappa shape index (κ2) is 5.53. The van der Waals surface area contributed by atoms with Gasteiger partial charge in [-0.2, -0.15) is 0 Å². The summed E-state index contributed by atoms with van der Waals surface area (Å²) in [5, 5.41) is 18.6. The quantitative estimate of drug-likeness (QED) is 0.499. The topological polar surface area (TPSA) is 127 Å². The summed E-state index contributed by atoms with van der Waals surface area (Å²) in [5.41, 5.74) is 12.3. The zero-order valence-corrected chi connectivity index (χ0v) is 12.0. The number of rotatable bonds is 4. The van der Waals surface area contributed by atoms with Gasteiger partial charge in [-0.3, -0.25) is 0 Å². The van der Waals surface area contributed by atoms with E-state index in [1.54, 1.807) is 0 Å². The van der Waals surface area contributed by atoms with Crippen molar-refractivity contribution >= 4 is 21.2 Å². The number of phenols is 2. The molecule has 0 saturated carbocycles. The summed E-state index contributed by atoms with van der Waals surface area (Å²) in [4.78, 5) is 0. The summed E-state index contributed by atoms with van der Waals surface area (Å²) >= 11 is 0. The normalized spacial score (nSPS) is 11.4. The average molecular weight is 308 g/mol. The summed E-state index contributed by atoms with van der Waals surface area (Å²) in [6.45, 7) is 0. The van der Waals surface area contributed by atoms with Crippen molar-refractivity contribution in [3.63, 3.8) is 0 Å². The molecule has 0 saturated heterocycles. The number of benzene rings is 2. The van der Waals surface area contributed by atoms with Crippen LogP contribution in [0.2, 0.25) is 0 Å². The summed E-state index contributed by atoms with van der Waals surface area (Å²) in [5.74, 6) is -0.554. The lowest BCUT2D eigenvalue weighted by atomic mass is 10.2. The SMILES string of the molecule is Nc1cc(CS(=O)(=O)Cc2ccc(O)c(N)c2)ccc1O. The van der Waals surface area contributed by atoms with Crippen LogP contribution in [0.3, 0.4) is 0 Å². The van der Waals surface area contributed by atoms with Gasteiger partial charge >= 0.3 is 0 Å². The van der Waals surface area contributed by atoms with E-state index in [4.69, 9.17) is 11.5 Å². The molecule has 0 radical (unpaired) electrons. The van der Waals surface area contributed by atoms with Crippen LogP contribution in [0.1, 0.15) is 11.1 Å². The van der Waals surface area contributed by atoms with Crippen LogP contribution in [0, 0.1) is 0 Å². The van der Waals surface area contributed by atoms with Gasteiger partial charge in [0.2, 0.25) is 0 Å². The van der Waals surface area contributed by atoms with Gasteiger partial charge in [-0.25, -0.2) is 8.42 Å². The number of nitrogens with two attached hydrogens (primary N) is 2. The highest BCUT2D eigenvalue weighted by Crippen LogP contribution is 2.24. The van der Waals surface area contributed by atoms with Crippen molar-refractivity contribution in [2.24, 2.45) is 0 Å². The first-order valence-corrected chi connectivity index (χ1v) is 7.94. The van der Waals surface area contributed by atoms with Crippen LogP contribution in [-0.4, -0.2) is 18.6 Å². The fourth-order valence-electron chi connectivity index (χ4n) is 1.95. The number of hydrogen-bond acceptors (Lipinski definition) is 6. The van der Waals surface area contributed by atoms with Gasteiger partial charge < -0.3 is 21.7 Å². The molecule has 6 nitrogen and oxygen atoms in total. The number of anilines is 2. The Balaban J connectivity index is 2.18. The van der Waals surface area contributed by atoms with Crippen LogP contribution in [0.15, 0.2) is 36.4 Å². The fraction of sp³-hybridized carbons (Fsp3) is 0.143. The van der Waals surface area contributed by atoms with E-state index in [0.29, 0.717) is 11.1 Å². The fourth-order valence-corrected chi connectivity index (χ4v) is 3.42. The Kier molecular flexibility index (Phi) is 3.95. The van der Waals surface area contributed by atoms with Gasteiger partial charge in [0, 0.05) is 0 Å². The van der Waals surface area contributed by atoms with Crippen LogP contribution >= 0.6 is 0 Å². The summed E-state index contributed by atoms with van der Waals surface area (Å²) in [7, 11) is -3.42. The molecule has 112 valence electrons. The Morgan fingerprint density at radius 2 is 1.19 bits per heavy atom. The minimum Gasteiger partial charge on any atom is -0.506 e. The first kappa shape index (κ1) is 15.0. The van der Waals surface area contributed by atoms with E-state index in [9.17, 15) is 18.6 Å². The number of sulfone groups is 1. The highest BCUT2D eigenvalue weighted by molar-refractivity contribution is 7.89. The van der Waals surface area contributed by atoms with E-state index in [1.165, 1.54) is 36.4 Å². The maximum atomic E-state index is 12.2. The number of phenolic OH excluding ortho intramolecular Hbond substituents is 2. The molecule has 7 heteroatoms. The van der Waals surface area contributed by atoms with Gasteiger partial charge in [0.15, 0.2) is 9.84 Å². The molecule has 2 aromatic rings. The molecule has 0 heterocycles. The molecular weight excluding hydrogens is 292 g/mol. The van der Waals surface area contributed by atoms with Gasteiger partial charge in [0.25, 0.3) is 0 Å². The molecule has 6 N–H and O–H groups in total. The summed E-state index contributed by atoms with van der Waals surface area (Å²) in [6, 6.07) is 8.59. The van der Waals surface area contributed by atoms with Crippen molar-refractivity contribution in [3.8, 4) is 11.5 Å². The minimum atomic E-state index is -3.42. The third-order valence-electron chi connectivity index (χ3n) is 2.96. The molecule has 2 aromatic carbocycles. The van der Waals surface area contributed by atoms with Gasteiger partial charge in [-0.05, 0) is 35.4 Å². The van der Waals surface area contributed by atoms with Crippen LogP contribution in [0.25, 0.3) is 0 Å². The van der Waals surface area contributed by atoms with E-state index in [-0.39, 0.29) is 34.4 Å². The van der Waals surface area contributed by atoms with Crippen LogP contribution in [0.4, 0.5) is 11.4 Å². The highest BCUT2D eigenvalue weighted by Gasteiger charge is 2.15. The predicted molar refractivity (Wildman–Crippen MR) is 81.4 cm³/mol. The number of nitrogen functional groups attached to an aromatic ring is 2. The monoisotopic (exact) mass is 308 g/mol. The molecule has 0 unspecified atom stereocenters. The molecule has 0 fully saturated rings. The van der Waals surface area contributed by atoms with Crippen molar-refractivity contribution < 1.29 is 18.6 Å². The maximum absolute atomic E-state index is 12.2. The van der Waals surface area contributed by atoms with Crippen LogP contribution in [-0.2, 0) is 21.3 Å². The van der Waals surface area contributed by atoms with Crippen molar-refractivity contribution in [1.29, 1.82) is 0 Å². The third kappa shape index (κ3) is 3.79. The molecule has 0 atom stereocenters. The summed E-state index contributed by atoms with van der Waals surface area (Å²) < 4.78 is 24.3. The molecular formula is C14H16N2O4S. The molecule has 0 aliphatic rings. The number of aromatic hydroxyl groups is 2. The lowest BCUT2D eigenvalue weighted by Crippen LogP contribution is -2.08. The molecule has 2 rings (SSSR count). The minimum absolute atomic E-state index is 0.0811. The lowest BCUT2D eigenvalue weighted by molar-refractivity contribution is 0.477. The average Bonchev–Trinajstić information content (AvgIpc) is 2.37. The van der Waals surface area contributed by atoms with Crippen LogP contribution in [0.5, 0.6) is 11.5 Å². The molecule has 0 aromatic heterocycles. The Morgan fingerprint density at radius 1 is 0.810 bits per heavy atom. The lowest BCUT2D eigenvalue weighted by Gasteiger charge is -2.08. The molecule has 0 bridgehead atoms. The number of hydrogen-bond donors (Lipinski definition) is 4. The second-order valence-corrected chi connectivity index (χ2v) is 6.88. The maximum Gasteiger partial charge on any atom is 0.158 e. The molecule has 0 spiro atoms. The third-order valence-corrected chi connectivity index (χ3v) is 4.50. The van der Waals surface area contributed by atoms with Gasteiger partial charge in [-0.1, -0.05) is 12.1 Å². The van der Waals surface area contributed by atoms with E-state index in [2.05, 4.69) is 0 Å². The first-order chi connectivity index (χ1) is 9.77. The van der Waals surface area contributed by atoms with Crippen molar-refractivity contribution in [2.45, 2.75) is 11.5 Å². The van der Waals surface area contributed by atoms with Crippen LogP contribution < -0.4 is 11.5 Å². The molecule has 0 aliphatic carbocycles. The Labute approximate surface area is 122 Å². The van der Waals surface area contributed by atoms with Crippen molar-refractivity contribution in [3.05, 3.63) is 47.5 Å². The standard InChI is InChI=1S/C14H16N2O4S/c15-11-5-9(1-3-13(11)17)7-21(19,20)8-10-2-4-14(18)12(16)6-10/h1-6,17-18H,7-8,15-16H2. The summed E-state index contributed by atoms with van der Waals surface area (Å²) in [6.07, 6.45) is 0. The van der Waals surface area contributed by atoms with Crippen molar-refractivity contribution in [1.82, 2.24) is 0 Å². The first-order valence-electron chi connectivity index (χ1n) is 6.12. The van der Waals surface area contributed by atoms with E-state index >= 15 is 0 Å². The van der Waals surface area contributed by atoms with E-state index in [1.807, 2.05) is 0 Å². The second-order valence-electron chi connectivity index (χ2n) is 4.82. The van der Waals surface area contributed by atoms with Gasteiger partial charge in [-0.15, -0.1) is 0 Å². The molecule has 0 aliphatic heterocycles. The van der Waals surface area contributed by atoms with Gasteiger partial charge in [0.1, 0.15) is 11.5 Å². The Hall–Kier alpha value is -2.41. The van der Waals surface area contributed by atoms with E-state index in [0.717, 1.165) is 0 Å². The highest BCUT2D eigenvalue weighted by atomic mass is 32.2.